The van der Waals surface area contributed by atoms with Crippen molar-refractivity contribution in [2.75, 3.05) is 6.67 Å². The molecule has 10 heteroatoms. The molecule has 1 saturated heterocycles. The van der Waals surface area contributed by atoms with Gasteiger partial charge < -0.3 is 24.9 Å². The van der Waals surface area contributed by atoms with E-state index in [1.54, 1.807) is 14.8 Å². The quantitative estimate of drug-likeness (QED) is 0.354. The summed E-state index contributed by atoms with van der Waals surface area (Å²) in [4.78, 5) is 10.0. The summed E-state index contributed by atoms with van der Waals surface area (Å²) in [6.45, 7) is 3.14. The summed E-state index contributed by atoms with van der Waals surface area (Å²) in [6.07, 6.45) is -3.52. The molecule has 1 fully saturated rings. The zero-order valence-corrected chi connectivity index (χ0v) is 14.9. The molecule has 4 unspecified atom stereocenters. The average molecular weight is 356 g/mol. The molecule has 0 aromatic heterocycles. The Kier molecular flexibility index (Phi) is 6.84. The van der Waals surface area contributed by atoms with E-state index in [9.17, 15) is 29.2 Å². The van der Waals surface area contributed by atoms with Crippen LogP contribution in [0.3, 0.4) is 0 Å². The van der Waals surface area contributed by atoms with Gasteiger partial charge in [-0.1, -0.05) is 13.8 Å². The molecule has 0 amide bonds. The second-order valence-corrected chi connectivity index (χ2v) is 8.60. The van der Waals surface area contributed by atoms with Gasteiger partial charge >= 0.3 is 7.60 Å². The Morgan fingerprint density at radius 2 is 1.87 bits per heavy atom. The van der Waals surface area contributed by atoms with Crippen LogP contribution in [0.2, 0.25) is 0 Å². The van der Waals surface area contributed by atoms with Gasteiger partial charge in [-0.05, 0) is 19.8 Å². The highest BCUT2D eigenvalue weighted by Gasteiger charge is 2.51. The molecule has 136 valence electrons. The number of aliphatic hydroxyl groups excluding tert-OH is 2. The van der Waals surface area contributed by atoms with Crippen LogP contribution in [0.5, 0.6) is 0 Å². The maximum absolute atomic E-state index is 13.7. The first kappa shape index (κ1) is 21.0. The maximum atomic E-state index is 13.7. The molecule has 23 heavy (non-hydrogen) atoms. The van der Waals surface area contributed by atoms with Gasteiger partial charge in [-0.3, -0.25) is 9.09 Å². The summed E-state index contributed by atoms with van der Waals surface area (Å²) in [6, 6.07) is -0.635. The Morgan fingerprint density at radius 3 is 2.22 bits per heavy atom. The minimum absolute atomic E-state index is 0.0326. The number of hydrogen-bond donors (Lipinski definition) is 4. The summed E-state index contributed by atoms with van der Waals surface area (Å²) in [7, 11) is -2.98. The highest BCUT2D eigenvalue weighted by Crippen LogP contribution is 2.59. The summed E-state index contributed by atoms with van der Waals surface area (Å²) in [5.41, 5.74) is -1.70. The number of aliphatic hydroxyl groups is 3. The minimum Gasteiger partial charge on any atom is -0.388 e. The fraction of sp³-hybridized carbons (Fsp3) is 1.00. The van der Waals surface area contributed by atoms with Crippen LogP contribution in [-0.4, -0.2) is 70.0 Å². The molecule has 7 nitrogen and oxygen atoms in total. The zero-order valence-electron chi connectivity index (χ0n) is 14.0. The van der Waals surface area contributed by atoms with Gasteiger partial charge in [0.05, 0.1) is 12.1 Å². The fourth-order valence-electron chi connectivity index (χ4n) is 2.45. The third kappa shape index (κ3) is 4.34. The molecule has 1 heterocycles. The molecule has 0 bridgehead atoms. The Labute approximate surface area is 136 Å². The van der Waals surface area contributed by atoms with Crippen LogP contribution in [0.1, 0.15) is 40.0 Å². The third-order valence-corrected chi connectivity index (χ3v) is 6.83. The molecule has 0 aromatic rings. The standard InChI is InChI=1S/C13H27BFO7P/c1-4-12(3,18)23(19,20)22-13(5-2,7-15)6-8-9(16)10(17)11(14)21-8/h8-11,16-18H,4-7,14H2,1-3H3,(H,19,20)/t8-,9?,10+,11-,12?,13?/m1/s1. The van der Waals surface area contributed by atoms with Gasteiger partial charge in [0, 0.05) is 6.42 Å². The molecule has 0 radical (unpaired) electrons. The lowest BCUT2D eigenvalue weighted by molar-refractivity contribution is -0.0616. The summed E-state index contributed by atoms with van der Waals surface area (Å²) >= 11 is 0. The van der Waals surface area contributed by atoms with Gasteiger partial charge in [0.1, 0.15) is 32.3 Å². The molecule has 0 spiro atoms. The minimum atomic E-state index is -4.54. The summed E-state index contributed by atoms with van der Waals surface area (Å²) in [5, 5.41) is 27.7. The molecule has 1 rings (SSSR count). The van der Waals surface area contributed by atoms with E-state index in [4.69, 9.17) is 9.26 Å². The van der Waals surface area contributed by atoms with Crippen LogP contribution in [-0.2, 0) is 13.8 Å². The van der Waals surface area contributed by atoms with E-state index in [-0.39, 0.29) is 19.3 Å². The predicted molar refractivity (Wildman–Crippen MR) is 84.7 cm³/mol. The SMILES string of the molecule is B[C@@H]1O[C@H](CC(CC)(CF)OP(=O)(O)C(C)(O)CC)C(O)[C@@H]1O. The summed E-state index contributed by atoms with van der Waals surface area (Å²) < 4.78 is 36.6. The predicted octanol–water partition coefficient (Wildman–Crippen LogP) is -0.105. The van der Waals surface area contributed by atoms with E-state index >= 15 is 0 Å². The molecule has 0 aromatic carbocycles. The Bertz CT molecular complexity index is 446. The Balaban J connectivity index is 2.98. The molecular weight excluding hydrogens is 329 g/mol. The molecular formula is C13H27BFO7P. The van der Waals surface area contributed by atoms with Crippen molar-refractivity contribution in [1.29, 1.82) is 0 Å². The molecule has 0 saturated carbocycles. The fourth-order valence-corrected chi connectivity index (χ4v) is 3.82. The van der Waals surface area contributed by atoms with Crippen molar-refractivity contribution >= 4 is 15.4 Å². The van der Waals surface area contributed by atoms with Gasteiger partial charge in [-0.2, -0.15) is 0 Å². The lowest BCUT2D eigenvalue weighted by Crippen LogP contribution is -2.43. The van der Waals surface area contributed by atoms with E-state index in [0.717, 1.165) is 6.92 Å². The first-order valence-corrected chi connectivity index (χ1v) is 9.36. The van der Waals surface area contributed by atoms with Crippen LogP contribution in [0.25, 0.3) is 0 Å². The number of rotatable bonds is 8. The zero-order chi connectivity index (χ0) is 18.1. The number of alkyl halides is 1. The van der Waals surface area contributed by atoms with Gasteiger partial charge in [-0.15, -0.1) is 0 Å². The van der Waals surface area contributed by atoms with Gasteiger partial charge in [0.2, 0.25) is 0 Å². The number of halogens is 1. The Hall–Kier alpha value is -0.0151. The first-order valence-electron chi connectivity index (χ1n) is 7.79. The topological polar surface area (TPSA) is 116 Å². The largest absolute Gasteiger partial charge is 0.388 e. The van der Waals surface area contributed by atoms with Gasteiger partial charge in [-0.25, -0.2) is 4.39 Å². The lowest BCUT2D eigenvalue weighted by Gasteiger charge is -2.38. The van der Waals surface area contributed by atoms with Crippen molar-refractivity contribution in [2.24, 2.45) is 0 Å². The molecule has 0 aliphatic carbocycles. The lowest BCUT2D eigenvalue weighted by atomic mass is 9.89. The molecule has 1 aliphatic heterocycles. The van der Waals surface area contributed by atoms with Crippen molar-refractivity contribution in [1.82, 2.24) is 0 Å². The van der Waals surface area contributed by atoms with E-state index < -0.39 is 49.5 Å². The van der Waals surface area contributed by atoms with Crippen molar-refractivity contribution in [3.8, 4) is 0 Å². The van der Waals surface area contributed by atoms with E-state index in [2.05, 4.69) is 0 Å². The second kappa shape index (κ2) is 7.48. The first-order chi connectivity index (χ1) is 10.4. The highest BCUT2D eigenvalue weighted by atomic mass is 31.2. The van der Waals surface area contributed by atoms with Crippen molar-refractivity contribution < 1.29 is 38.4 Å². The Morgan fingerprint density at radius 1 is 1.30 bits per heavy atom. The van der Waals surface area contributed by atoms with Crippen molar-refractivity contribution in [3.05, 3.63) is 0 Å². The third-order valence-electron chi connectivity index (χ3n) is 4.66. The summed E-state index contributed by atoms with van der Waals surface area (Å²) in [5.74, 6) is 0. The molecule has 1 aliphatic rings. The molecule has 4 N–H and O–H groups in total. The van der Waals surface area contributed by atoms with Gasteiger partial charge in [0.15, 0.2) is 5.34 Å². The maximum Gasteiger partial charge on any atom is 0.359 e. The van der Waals surface area contributed by atoms with Crippen LogP contribution >= 0.6 is 7.60 Å². The van der Waals surface area contributed by atoms with Crippen molar-refractivity contribution in [2.45, 2.75) is 75.3 Å². The normalized spacial score (nSPS) is 36.2. The molecule has 7 atom stereocenters. The average Bonchev–Trinajstić information content (AvgIpc) is 2.73. The second-order valence-electron chi connectivity index (χ2n) is 6.42. The van der Waals surface area contributed by atoms with Crippen molar-refractivity contribution in [3.63, 3.8) is 0 Å². The van der Waals surface area contributed by atoms with Crippen LogP contribution in [0.4, 0.5) is 4.39 Å². The van der Waals surface area contributed by atoms with Crippen LogP contribution in [0, 0.1) is 0 Å². The number of hydrogen-bond acceptors (Lipinski definition) is 6. The van der Waals surface area contributed by atoms with Crippen LogP contribution < -0.4 is 0 Å². The monoisotopic (exact) mass is 356 g/mol. The van der Waals surface area contributed by atoms with E-state index in [0.29, 0.717) is 0 Å². The smallest absolute Gasteiger partial charge is 0.359 e. The highest BCUT2D eigenvalue weighted by molar-refractivity contribution is 7.54. The number of ether oxygens (including phenoxy) is 1. The van der Waals surface area contributed by atoms with Gasteiger partial charge in [0.25, 0.3) is 0 Å². The van der Waals surface area contributed by atoms with Crippen LogP contribution in [0.15, 0.2) is 0 Å². The van der Waals surface area contributed by atoms with E-state index in [1.807, 2.05) is 0 Å². The van der Waals surface area contributed by atoms with E-state index in [1.165, 1.54) is 6.92 Å².